The molecule has 0 aromatic carbocycles. The molecule has 200 valence electrons. The van der Waals surface area contributed by atoms with Gasteiger partial charge in [0.05, 0.1) is 6.61 Å². The normalized spacial score (nSPS) is 43.9. The molecule has 4 heterocycles. The smallest absolute Gasteiger partial charge is 0.217 e. The van der Waals surface area contributed by atoms with Crippen LogP contribution in [-0.4, -0.2) is 109 Å². The number of carbonyl (C=O) groups excluding carboxylic acids is 1. The van der Waals surface area contributed by atoms with Gasteiger partial charge in [-0.1, -0.05) is 6.08 Å². The molecule has 4 rings (SSSR count). The third-order valence-corrected chi connectivity index (χ3v) is 6.39. The van der Waals surface area contributed by atoms with Crippen LogP contribution in [-0.2, 0) is 38.0 Å². The summed E-state index contributed by atoms with van der Waals surface area (Å²) in [5, 5.41) is 27.1. The number of ether oxygens (including phenoxy) is 7. The number of amides is 1. The first kappa shape index (κ1) is 26.9. The van der Waals surface area contributed by atoms with Crippen molar-refractivity contribution in [3.8, 4) is 0 Å². The predicted octanol–water partition coefficient (Wildman–Crippen LogP) is -0.873. The van der Waals surface area contributed by atoms with E-state index in [1.807, 2.05) is 27.7 Å². The molecule has 0 aromatic heterocycles. The lowest BCUT2D eigenvalue weighted by atomic mass is 9.96. The van der Waals surface area contributed by atoms with Crippen molar-refractivity contribution in [3.05, 3.63) is 12.7 Å². The van der Waals surface area contributed by atoms with Crippen LogP contribution in [0.5, 0.6) is 0 Å². The van der Waals surface area contributed by atoms with Crippen molar-refractivity contribution in [2.24, 2.45) is 0 Å². The Morgan fingerprint density at radius 3 is 2.26 bits per heavy atom. The predicted molar refractivity (Wildman–Crippen MR) is 120 cm³/mol. The van der Waals surface area contributed by atoms with Gasteiger partial charge in [-0.3, -0.25) is 4.79 Å². The summed E-state index contributed by atoms with van der Waals surface area (Å²) in [7, 11) is 0. The van der Waals surface area contributed by atoms with E-state index in [2.05, 4.69) is 17.2 Å². The lowest BCUT2D eigenvalue weighted by Gasteiger charge is -2.43. The molecular weight excluding hydrogens is 464 g/mol. The summed E-state index contributed by atoms with van der Waals surface area (Å²) in [6.45, 7) is 12.9. The third-order valence-electron chi connectivity index (χ3n) is 6.39. The average molecular weight is 503 g/mol. The molecule has 0 saturated carbocycles. The lowest BCUT2D eigenvalue weighted by Crippen LogP contribution is -2.65. The van der Waals surface area contributed by atoms with E-state index in [0.29, 0.717) is 6.54 Å². The Bertz CT molecular complexity index is 779. The summed E-state index contributed by atoms with van der Waals surface area (Å²) in [5.74, 6) is -1.98. The molecule has 0 spiro atoms. The summed E-state index contributed by atoms with van der Waals surface area (Å²) >= 11 is 0. The second-order valence-electron chi connectivity index (χ2n) is 10.2. The van der Waals surface area contributed by atoms with Gasteiger partial charge in [0.2, 0.25) is 5.91 Å². The van der Waals surface area contributed by atoms with Crippen molar-refractivity contribution in [3.63, 3.8) is 0 Å². The second-order valence-corrected chi connectivity index (χ2v) is 10.2. The zero-order valence-corrected chi connectivity index (χ0v) is 20.8. The fraction of sp³-hybridized carbons (Fsp3) is 0.870. The van der Waals surface area contributed by atoms with E-state index < -0.39 is 66.8 Å². The van der Waals surface area contributed by atoms with Gasteiger partial charge in [0.15, 0.2) is 24.2 Å². The maximum Gasteiger partial charge on any atom is 0.217 e. The Balaban J connectivity index is 1.38. The Kier molecular flexibility index (Phi) is 7.89. The largest absolute Gasteiger partial charge is 0.388 e. The van der Waals surface area contributed by atoms with Gasteiger partial charge in [0.1, 0.15) is 48.8 Å². The SMILES string of the molecule is C=CCO[C@H]1O[C@H](CNC[C@H]2O[C@@H]3OC(C)(C)O[C@@H]3[C@H]3OC(C)(C)O[C@H]32)[C@@H](O)[C@H](O)[C@H]1NC(C)=O. The molecule has 0 bridgehead atoms. The Morgan fingerprint density at radius 2 is 1.57 bits per heavy atom. The van der Waals surface area contributed by atoms with Crippen LogP contribution in [0, 0.1) is 0 Å². The Labute approximate surface area is 205 Å². The van der Waals surface area contributed by atoms with Gasteiger partial charge < -0.3 is 54.0 Å². The van der Waals surface area contributed by atoms with Gasteiger partial charge in [-0.2, -0.15) is 0 Å². The highest BCUT2D eigenvalue weighted by molar-refractivity contribution is 5.73. The molecule has 1 amide bonds. The van der Waals surface area contributed by atoms with Crippen LogP contribution in [0.3, 0.4) is 0 Å². The van der Waals surface area contributed by atoms with Crippen LogP contribution in [0.2, 0.25) is 0 Å². The molecule has 4 N–H and O–H groups in total. The zero-order valence-electron chi connectivity index (χ0n) is 20.8. The van der Waals surface area contributed by atoms with E-state index >= 15 is 0 Å². The van der Waals surface area contributed by atoms with Crippen molar-refractivity contribution in [2.45, 2.75) is 108 Å². The van der Waals surface area contributed by atoms with Gasteiger partial charge in [-0.05, 0) is 27.7 Å². The minimum Gasteiger partial charge on any atom is -0.388 e. The first-order valence-electron chi connectivity index (χ1n) is 12.0. The van der Waals surface area contributed by atoms with Crippen LogP contribution in [0.1, 0.15) is 34.6 Å². The average Bonchev–Trinajstić information content (AvgIpc) is 3.25. The first-order chi connectivity index (χ1) is 16.4. The highest BCUT2D eigenvalue weighted by atomic mass is 16.9. The highest BCUT2D eigenvalue weighted by Crippen LogP contribution is 2.44. The van der Waals surface area contributed by atoms with E-state index in [1.54, 1.807) is 0 Å². The van der Waals surface area contributed by atoms with E-state index in [4.69, 9.17) is 33.2 Å². The number of aliphatic hydroxyl groups is 2. The quantitative estimate of drug-likeness (QED) is 0.307. The molecule has 0 unspecified atom stereocenters. The number of carbonyl (C=O) groups is 1. The number of rotatable bonds is 8. The minimum absolute atomic E-state index is 0.150. The topological polar surface area (TPSA) is 146 Å². The minimum atomic E-state index is -1.29. The molecule has 0 aliphatic carbocycles. The standard InChI is InChI=1S/C23H38N2O10/c1-7-8-29-20-14(25-11(2)26)16(28)15(27)12(30-20)9-24-10-13-17-18(33-22(3,4)32-17)19-21(31-13)35-23(5,6)34-19/h7,12-21,24,27-28H,1,8-10H2,2-6H3,(H,25,26)/t12-,13-,14-,15-,16-,17+,18+,19-,20+,21-/m1/s1. The maximum atomic E-state index is 11.6. The molecule has 12 nitrogen and oxygen atoms in total. The molecule has 4 fully saturated rings. The number of hydrogen-bond donors (Lipinski definition) is 4. The summed E-state index contributed by atoms with van der Waals surface area (Å²) in [6.07, 6.45) is -5.00. The summed E-state index contributed by atoms with van der Waals surface area (Å²) < 4.78 is 41.8. The van der Waals surface area contributed by atoms with Gasteiger partial charge >= 0.3 is 0 Å². The lowest BCUT2D eigenvalue weighted by molar-refractivity contribution is -0.260. The second kappa shape index (κ2) is 10.3. The van der Waals surface area contributed by atoms with Crippen LogP contribution < -0.4 is 10.6 Å². The highest BCUT2D eigenvalue weighted by Gasteiger charge is 2.60. The molecule has 4 saturated heterocycles. The zero-order chi connectivity index (χ0) is 25.5. The monoisotopic (exact) mass is 502 g/mol. The van der Waals surface area contributed by atoms with Crippen molar-refractivity contribution < 1.29 is 48.2 Å². The molecule has 0 aromatic rings. The van der Waals surface area contributed by atoms with E-state index in [9.17, 15) is 15.0 Å². The van der Waals surface area contributed by atoms with Gasteiger partial charge in [-0.15, -0.1) is 6.58 Å². The summed E-state index contributed by atoms with van der Waals surface area (Å²) in [5.41, 5.74) is 0. The van der Waals surface area contributed by atoms with Crippen molar-refractivity contribution >= 4 is 5.91 Å². The molecule has 10 atom stereocenters. The Morgan fingerprint density at radius 1 is 0.943 bits per heavy atom. The maximum absolute atomic E-state index is 11.6. The van der Waals surface area contributed by atoms with E-state index in [-0.39, 0.29) is 25.2 Å². The summed E-state index contributed by atoms with van der Waals surface area (Å²) in [6, 6.07) is -0.924. The summed E-state index contributed by atoms with van der Waals surface area (Å²) in [4.78, 5) is 11.6. The van der Waals surface area contributed by atoms with Gasteiger partial charge in [-0.25, -0.2) is 0 Å². The van der Waals surface area contributed by atoms with Crippen molar-refractivity contribution in [1.29, 1.82) is 0 Å². The van der Waals surface area contributed by atoms with E-state index in [1.165, 1.54) is 13.0 Å². The van der Waals surface area contributed by atoms with Crippen LogP contribution >= 0.6 is 0 Å². The van der Waals surface area contributed by atoms with Crippen LogP contribution in [0.15, 0.2) is 12.7 Å². The number of nitrogens with one attached hydrogen (secondary N) is 2. The molecule has 35 heavy (non-hydrogen) atoms. The van der Waals surface area contributed by atoms with E-state index in [0.717, 1.165) is 0 Å². The molecule has 4 aliphatic heterocycles. The molecule has 0 radical (unpaired) electrons. The number of hydrogen-bond acceptors (Lipinski definition) is 11. The van der Waals surface area contributed by atoms with Gasteiger partial charge in [0, 0.05) is 20.0 Å². The molecule has 12 heteroatoms. The Hall–Kier alpha value is -1.19. The van der Waals surface area contributed by atoms with Crippen molar-refractivity contribution in [2.75, 3.05) is 19.7 Å². The van der Waals surface area contributed by atoms with Crippen molar-refractivity contribution in [1.82, 2.24) is 10.6 Å². The number of aliphatic hydroxyl groups excluding tert-OH is 2. The fourth-order valence-corrected chi connectivity index (χ4v) is 5.02. The first-order valence-corrected chi connectivity index (χ1v) is 12.0. The van der Waals surface area contributed by atoms with Crippen LogP contribution in [0.25, 0.3) is 0 Å². The van der Waals surface area contributed by atoms with Crippen LogP contribution in [0.4, 0.5) is 0 Å². The molecular formula is C23H38N2O10. The fourth-order valence-electron chi connectivity index (χ4n) is 5.02. The third kappa shape index (κ3) is 5.87. The molecule has 4 aliphatic rings. The van der Waals surface area contributed by atoms with Gasteiger partial charge in [0.25, 0.3) is 0 Å². The number of fused-ring (bicyclic) bond motifs is 3.